The van der Waals surface area contributed by atoms with Crippen LogP contribution in [-0.2, 0) is 14.3 Å². The van der Waals surface area contributed by atoms with Gasteiger partial charge in [-0.15, -0.1) is 0 Å². The zero-order chi connectivity index (χ0) is 13.5. The lowest BCUT2D eigenvalue weighted by Crippen LogP contribution is -2.46. The maximum absolute atomic E-state index is 11.8. The topological polar surface area (TPSA) is 67.4 Å². The predicted octanol–water partition coefficient (Wildman–Crippen LogP) is 1.12. The average Bonchev–Trinajstić information content (AvgIpc) is 2.80. The molecule has 1 unspecified atom stereocenters. The summed E-state index contributed by atoms with van der Waals surface area (Å²) in [6.45, 7) is 1.20. The highest BCUT2D eigenvalue weighted by Crippen LogP contribution is 2.17. The van der Waals surface area contributed by atoms with E-state index in [9.17, 15) is 9.59 Å². The Kier molecular flexibility index (Phi) is 5.63. The number of hydrogen-bond donors (Lipinski definition) is 2. The summed E-state index contributed by atoms with van der Waals surface area (Å²) in [5.74, 6) is -1.02. The second kappa shape index (κ2) is 7.48. The van der Waals surface area contributed by atoms with Gasteiger partial charge in [-0.3, -0.25) is 9.59 Å². The fraction of sp³-hybridized carbons (Fsp3) is 0.857. The third kappa shape index (κ3) is 4.82. The molecule has 19 heavy (non-hydrogen) atoms. The Balaban J connectivity index is 1.67. The Labute approximate surface area is 114 Å². The molecule has 5 heteroatoms. The monoisotopic (exact) mass is 268 g/mol. The van der Waals surface area contributed by atoms with Gasteiger partial charge in [0.05, 0.1) is 6.10 Å². The highest BCUT2D eigenvalue weighted by Gasteiger charge is 2.21. The van der Waals surface area contributed by atoms with Gasteiger partial charge in [0, 0.05) is 19.2 Å². The Morgan fingerprint density at radius 1 is 0.947 bits per heavy atom. The number of carbonyl (C=O) groups excluding carboxylic acids is 2. The molecule has 1 aliphatic heterocycles. The van der Waals surface area contributed by atoms with E-state index in [1.165, 1.54) is 12.8 Å². The zero-order valence-corrected chi connectivity index (χ0v) is 11.5. The molecule has 0 aromatic rings. The Morgan fingerprint density at radius 2 is 1.68 bits per heavy atom. The van der Waals surface area contributed by atoms with Crippen molar-refractivity contribution >= 4 is 11.8 Å². The van der Waals surface area contributed by atoms with Crippen LogP contribution in [0.1, 0.15) is 51.4 Å². The Morgan fingerprint density at radius 3 is 2.32 bits per heavy atom. The van der Waals surface area contributed by atoms with E-state index in [1.807, 2.05) is 0 Å². The molecule has 1 aliphatic carbocycles. The van der Waals surface area contributed by atoms with Crippen LogP contribution in [0.5, 0.6) is 0 Å². The summed E-state index contributed by atoms with van der Waals surface area (Å²) >= 11 is 0. The van der Waals surface area contributed by atoms with Crippen molar-refractivity contribution in [1.82, 2.24) is 10.6 Å². The van der Waals surface area contributed by atoms with E-state index in [0.717, 1.165) is 45.1 Å². The summed E-state index contributed by atoms with van der Waals surface area (Å²) in [6.07, 6.45) is 8.81. The average molecular weight is 268 g/mol. The zero-order valence-electron chi connectivity index (χ0n) is 11.5. The fourth-order valence-electron chi connectivity index (χ4n) is 2.77. The normalized spacial score (nSPS) is 24.7. The van der Waals surface area contributed by atoms with Crippen molar-refractivity contribution in [2.24, 2.45) is 0 Å². The van der Waals surface area contributed by atoms with Gasteiger partial charge in [-0.1, -0.05) is 25.7 Å². The van der Waals surface area contributed by atoms with Gasteiger partial charge in [0.1, 0.15) is 0 Å². The van der Waals surface area contributed by atoms with Crippen LogP contribution in [0.15, 0.2) is 0 Å². The molecular weight excluding hydrogens is 244 g/mol. The van der Waals surface area contributed by atoms with Crippen molar-refractivity contribution in [3.63, 3.8) is 0 Å². The SMILES string of the molecule is O=C(NCC1CCCO1)C(=O)NC1CCCCCC1. The minimum atomic E-state index is -0.528. The lowest BCUT2D eigenvalue weighted by Gasteiger charge is -2.16. The number of amides is 2. The summed E-state index contributed by atoms with van der Waals surface area (Å²) in [5, 5.41) is 5.50. The van der Waals surface area contributed by atoms with Gasteiger partial charge >= 0.3 is 11.8 Å². The number of hydrogen-bond acceptors (Lipinski definition) is 3. The van der Waals surface area contributed by atoms with Crippen LogP contribution < -0.4 is 10.6 Å². The number of rotatable bonds is 3. The molecule has 1 saturated carbocycles. The molecule has 0 radical (unpaired) electrons. The lowest BCUT2D eigenvalue weighted by atomic mass is 10.1. The van der Waals surface area contributed by atoms with E-state index in [0.29, 0.717) is 6.54 Å². The first-order valence-electron chi connectivity index (χ1n) is 7.46. The molecule has 2 rings (SSSR count). The largest absolute Gasteiger partial charge is 0.376 e. The molecule has 1 saturated heterocycles. The molecule has 2 aliphatic rings. The van der Waals surface area contributed by atoms with Gasteiger partial charge in [-0.05, 0) is 25.7 Å². The van der Waals surface area contributed by atoms with Crippen LogP contribution >= 0.6 is 0 Å². The van der Waals surface area contributed by atoms with Crippen molar-refractivity contribution < 1.29 is 14.3 Å². The van der Waals surface area contributed by atoms with Crippen LogP contribution in [0.25, 0.3) is 0 Å². The number of ether oxygens (including phenoxy) is 1. The molecule has 1 atom stereocenters. The Hall–Kier alpha value is -1.10. The van der Waals surface area contributed by atoms with E-state index < -0.39 is 11.8 Å². The van der Waals surface area contributed by atoms with Gasteiger partial charge in [0.15, 0.2) is 0 Å². The third-order valence-corrected chi connectivity index (χ3v) is 3.91. The fourth-order valence-corrected chi connectivity index (χ4v) is 2.77. The molecular formula is C14H24N2O3. The van der Waals surface area contributed by atoms with E-state index in [1.54, 1.807) is 0 Å². The number of carbonyl (C=O) groups is 2. The molecule has 0 aromatic carbocycles. The van der Waals surface area contributed by atoms with Crippen molar-refractivity contribution in [1.29, 1.82) is 0 Å². The summed E-state index contributed by atoms with van der Waals surface area (Å²) < 4.78 is 5.40. The molecule has 2 amide bonds. The molecule has 0 spiro atoms. The van der Waals surface area contributed by atoms with Crippen molar-refractivity contribution in [2.75, 3.05) is 13.2 Å². The lowest BCUT2D eigenvalue weighted by molar-refractivity contribution is -0.139. The smallest absolute Gasteiger partial charge is 0.309 e. The first kappa shape index (κ1) is 14.3. The molecule has 108 valence electrons. The number of nitrogens with one attached hydrogen (secondary N) is 2. The van der Waals surface area contributed by atoms with Crippen LogP contribution in [-0.4, -0.2) is 37.1 Å². The van der Waals surface area contributed by atoms with E-state index in [2.05, 4.69) is 10.6 Å². The minimum Gasteiger partial charge on any atom is -0.376 e. The standard InChI is InChI=1S/C14H24N2O3/c17-13(15-10-12-8-5-9-19-12)14(18)16-11-6-3-1-2-4-7-11/h11-12H,1-10H2,(H,15,17)(H,16,18). The maximum Gasteiger partial charge on any atom is 0.309 e. The van der Waals surface area contributed by atoms with Crippen molar-refractivity contribution in [3.05, 3.63) is 0 Å². The molecule has 0 aromatic heterocycles. The summed E-state index contributed by atoms with van der Waals surface area (Å²) in [6, 6.07) is 0.170. The molecule has 1 heterocycles. The van der Waals surface area contributed by atoms with Gasteiger partial charge in [0.25, 0.3) is 0 Å². The molecule has 5 nitrogen and oxygen atoms in total. The second-order valence-electron chi connectivity index (χ2n) is 5.51. The van der Waals surface area contributed by atoms with E-state index in [-0.39, 0.29) is 12.1 Å². The first-order chi connectivity index (χ1) is 9.25. The van der Waals surface area contributed by atoms with Crippen LogP contribution in [0.4, 0.5) is 0 Å². The summed E-state index contributed by atoms with van der Waals surface area (Å²) in [4.78, 5) is 23.4. The second-order valence-corrected chi connectivity index (χ2v) is 5.51. The van der Waals surface area contributed by atoms with Gasteiger partial charge in [-0.2, -0.15) is 0 Å². The van der Waals surface area contributed by atoms with Crippen LogP contribution in [0, 0.1) is 0 Å². The van der Waals surface area contributed by atoms with Crippen molar-refractivity contribution in [3.8, 4) is 0 Å². The van der Waals surface area contributed by atoms with Crippen LogP contribution in [0.2, 0.25) is 0 Å². The van der Waals surface area contributed by atoms with Gasteiger partial charge in [0.2, 0.25) is 0 Å². The third-order valence-electron chi connectivity index (χ3n) is 3.91. The predicted molar refractivity (Wildman–Crippen MR) is 71.6 cm³/mol. The molecule has 0 bridgehead atoms. The van der Waals surface area contributed by atoms with Crippen molar-refractivity contribution in [2.45, 2.75) is 63.5 Å². The highest BCUT2D eigenvalue weighted by atomic mass is 16.5. The van der Waals surface area contributed by atoms with Gasteiger partial charge in [-0.25, -0.2) is 0 Å². The van der Waals surface area contributed by atoms with E-state index >= 15 is 0 Å². The maximum atomic E-state index is 11.8. The van der Waals surface area contributed by atoms with E-state index in [4.69, 9.17) is 4.74 Å². The Bertz CT molecular complexity index is 306. The molecule has 2 N–H and O–H groups in total. The molecule has 2 fully saturated rings. The summed E-state index contributed by atoms with van der Waals surface area (Å²) in [5.41, 5.74) is 0. The first-order valence-corrected chi connectivity index (χ1v) is 7.46. The quantitative estimate of drug-likeness (QED) is 0.595. The van der Waals surface area contributed by atoms with Gasteiger partial charge < -0.3 is 15.4 Å². The highest BCUT2D eigenvalue weighted by molar-refractivity contribution is 6.35. The summed E-state index contributed by atoms with van der Waals surface area (Å²) in [7, 11) is 0. The minimum absolute atomic E-state index is 0.0784. The van der Waals surface area contributed by atoms with Crippen LogP contribution in [0.3, 0.4) is 0 Å².